The molecule has 6 nitrogen and oxygen atoms in total. The molecule has 0 unspecified atom stereocenters. The summed E-state index contributed by atoms with van der Waals surface area (Å²) < 4.78 is 5.33. The van der Waals surface area contributed by atoms with Gasteiger partial charge in [0.2, 0.25) is 11.8 Å². The molecule has 3 rings (SSSR count). The lowest BCUT2D eigenvalue weighted by atomic mass is 9.77. The number of nitrogens with zero attached hydrogens (tertiary/aromatic N) is 1. The van der Waals surface area contributed by atoms with E-state index in [-0.39, 0.29) is 24.5 Å². The topological polar surface area (TPSA) is 75.7 Å². The first-order chi connectivity index (χ1) is 12.0. The second kappa shape index (κ2) is 6.88. The molecule has 0 saturated carbocycles. The van der Waals surface area contributed by atoms with E-state index in [4.69, 9.17) is 4.74 Å². The van der Waals surface area contributed by atoms with Crippen LogP contribution in [0.25, 0.3) is 0 Å². The van der Waals surface area contributed by atoms with Crippen molar-refractivity contribution in [2.45, 2.75) is 45.2 Å². The second-order valence-corrected chi connectivity index (χ2v) is 7.48. The van der Waals surface area contributed by atoms with Crippen molar-refractivity contribution in [3.05, 3.63) is 22.4 Å². The summed E-state index contributed by atoms with van der Waals surface area (Å²) in [6.45, 7) is 6.07. The molecule has 1 N–H and O–H groups in total. The minimum Gasteiger partial charge on any atom is -0.465 e. The smallest absolute Gasteiger partial charge is 0.327 e. The Kier molecular flexibility index (Phi) is 4.97. The Bertz CT molecular complexity index is 675. The highest BCUT2D eigenvalue weighted by Crippen LogP contribution is 2.51. The lowest BCUT2D eigenvalue weighted by Gasteiger charge is -2.32. The fourth-order valence-corrected chi connectivity index (χ4v) is 5.08. The number of amides is 2. The van der Waals surface area contributed by atoms with Gasteiger partial charge in [0.1, 0.15) is 5.54 Å². The van der Waals surface area contributed by atoms with Crippen LogP contribution >= 0.6 is 11.3 Å². The molecule has 2 aliphatic rings. The number of ether oxygens (including phenoxy) is 1. The highest BCUT2D eigenvalue weighted by atomic mass is 32.1. The largest absolute Gasteiger partial charge is 0.465 e. The average molecular weight is 364 g/mol. The molecule has 2 fully saturated rings. The fourth-order valence-electron chi connectivity index (χ4n) is 4.26. The van der Waals surface area contributed by atoms with Gasteiger partial charge in [-0.2, -0.15) is 0 Å². The molecule has 1 aromatic rings. The van der Waals surface area contributed by atoms with Gasteiger partial charge in [0.05, 0.1) is 24.5 Å². The molecule has 0 bridgehead atoms. The summed E-state index contributed by atoms with van der Waals surface area (Å²) in [4.78, 5) is 41.1. The van der Waals surface area contributed by atoms with Gasteiger partial charge in [-0.15, -0.1) is 11.3 Å². The van der Waals surface area contributed by atoms with Crippen molar-refractivity contribution in [1.29, 1.82) is 0 Å². The number of fused-ring (bicyclic) bond motifs is 1. The highest BCUT2D eigenvalue weighted by Gasteiger charge is 2.68. The van der Waals surface area contributed by atoms with E-state index in [2.05, 4.69) is 5.32 Å². The SMILES string of the molecule is CCC[C@]1(C(=O)OCC)N[C@H](c2cccs2)[C@H]2C(=O)N(CC)C(=O)[C@H]21. The van der Waals surface area contributed by atoms with Gasteiger partial charge in [0.25, 0.3) is 0 Å². The van der Waals surface area contributed by atoms with Gasteiger partial charge in [-0.05, 0) is 31.7 Å². The minimum atomic E-state index is -1.14. The van der Waals surface area contributed by atoms with E-state index in [1.807, 2.05) is 24.4 Å². The van der Waals surface area contributed by atoms with Gasteiger partial charge < -0.3 is 4.74 Å². The van der Waals surface area contributed by atoms with E-state index in [0.29, 0.717) is 19.4 Å². The molecule has 2 saturated heterocycles. The van der Waals surface area contributed by atoms with E-state index in [9.17, 15) is 14.4 Å². The Morgan fingerprint density at radius 1 is 1.32 bits per heavy atom. The number of carbonyl (C=O) groups excluding carboxylic acids is 3. The molecular formula is C18H24N2O4S. The first-order valence-electron chi connectivity index (χ1n) is 8.85. The summed E-state index contributed by atoms with van der Waals surface area (Å²) in [5.74, 6) is -2.13. The normalized spacial score (nSPS) is 31.5. The molecule has 2 amide bonds. The maximum Gasteiger partial charge on any atom is 0.327 e. The predicted octanol–water partition coefficient (Wildman–Crippen LogP) is 2.12. The summed E-state index contributed by atoms with van der Waals surface area (Å²) in [5.41, 5.74) is -1.14. The van der Waals surface area contributed by atoms with Crippen LogP contribution in [0.1, 0.15) is 44.5 Å². The van der Waals surface area contributed by atoms with Gasteiger partial charge in [-0.25, -0.2) is 0 Å². The molecule has 0 radical (unpaired) electrons. The van der Waals surface area contributed by atoms with Gasteiger partial charge in [0.15, 0.2) is 0 Å². The van der Waals surface area contributed by atoms with Crippen LogP contribution < -0.4 is 5.32 Å². The third-order valence-electron chi connectivity index (χ3n) is 5.20. The number of rotatable bonds is 6. The lowest BCUT2D eigenvalue weighted by molar-refractivity contribution is -0.156. The zero-order chi connectivity index (χ0) is 18.2. The maximum absolute atomic E-state index is 13.0. The van der Waals surface area contributed by atoms with Crippen LogP contribution in [0.5, 0.6) is 0 Å². The standard InChI is InChI=1S/C18H24N2O4S/c1-4-9-18(17(23)24-6-3)13-12(15(21)20(5-2)16(13)22)14(19-18)11-8-7-10-25-11/h7-8,10,12-14,19H,4-6,9H2,1-3H3/t12-,13-,14+,18-/m0/s1. The summed E-state index contributed by atoms with van der Waals surface area (Å²) in [7, 11) is 0. The molecule has 0 aromatic carbocycles. The highest BCUT2D eigenvalue weighted by molar-refractivity contribution is 7.10. The monoisotopic (exact) mass is 364 g/mol. The third-order valence-corrected chi connectivity index (χ3v) is 6.15. The molecular weight excluding hydrogens is 340 g/mol. The fraction of sp³-hybridized carbons (Fsp3) is 0.611. The van der Waals surface area contributed by atoms with E-state index < -0.39 is 23.3 Å². The van der Waals surface area contributed by atoms with Crippen LogP contribution in [0.4, 0.5) is 0 Å². The van der Waals surface area contributed by atoms with Gasteiger partial charge in [-0.3, -0.25) is 24.6 Å². The van der Waals surface area contributed by atoms with Gasteiger partial charge >= 0.3 is 5.97 Å². The molecule has 25 heavy (non-hydrogen) atoms. The number of carbonyl (C=O) groups is 3. The van der Waals surface area contributed by atoms with Crippen LogP contribution in [-0.4, -0.2) is 41.4 Å². The van der Waals surface area contributed by atoms with E-state index in [0.717, 1.165) is 4.88 Å². The first kappa shape index (κ1) is 18.1. The van der Waals surface area contributed by atoms with E-state index in [1.165, 1.54) is 16.2 Å². The van der Waals surface area contributed by atoms with Crippen molar-refractivity contribution >= 4 is 29.1 Å². The summed E-state index contributed by atoms with van der Waals surface area (Å²) in [5, 5.41) is 5.31. The van der Waals surface area contributed by atoms with Crippen molar-refractivity contribution in [2.24, 2.45) is 11.8 Å². The number of nitrogens with one attached hydrogen (secondary N) is 1. The molecule has 3 heterocycles. The van der Waals surface area contributed by atoms with Crippen molar-refractivity contribution < 1.29 is 19.1 Å². The zero-order valence-electron chi connectivity index (χ0n) is 14.8. The Hall–Kier alpha value is -1.73. The molecule has 2 aliphatic heterocycles. The Balaban J connectivity index is 2.11. The number of hydrogen-bond donors (Lipinski definition) is 1. The van der Waals surface area contributed by atoms with Gasteiger partial charge in [-0.1, -0.05) is 19.4 Å². The van der Waals surface area contributed by atoms with E-state index in [1.54, 1.807) is 13.8 Å². The lowest BCUT2D eigenvalue weighted by Crippen LogP contribution is -2.56. The first-order valence-corrected chi connectivity index (χ1v) is 9.73. The molecule has 4 atom stereocenters. The Labute approximate surface area is 151 Å². The molecule has 1 aromatic heterocycles. The van der Waals surface area contributed by atoms with Crippen LogP contribution in [0.3, 0.4) is 0 Å². The van der Waals surface area contributed by atoms with Crippen molar-refractivity contribution in [2.75, 3.05) is 13.2 Å². The number of esters is 1. The van der Waals surface area contributed by atoms with Crippen LogP contribution in [-0.2, 0) is 19.1 Å². The quantitative estimate of drug-likeness (QED) is 0.618. The number of likely N-dealkylation sites (tertiary alicyclic amines) is 1. The van der Waals surface area contributed by atoms with Crippen molar-refractivity contribution in [3.8, 4) is 0 Å². The summed E-state index contributed by atoms with van der Waals surface area (Å²) >= 11 is 1.53. The van der Waals surface area contributed by atoms with Crippen LogP contribution in [0.2, 0.25) is 0 Å². The average Bonchev–Trinajstić information content (AvgIpc) is 3.26. The minimum absolute atomic E-state index is 0.189. The molecule has 7 heteroatoms. The third kappa shape index (κ3) is 2.60. The Morgan fingerprint density at radius 3 is 2.64 bits per heavy atom. The van der Waals surface area contributed by atoms with Crippen molar-refractivity contribution in [1.82, 2.24) is 10.2 Å². The zero-order valence-corrected chi connectivity index (χ0v) is 15.6. The van der Waals surface area contributed by atoms with Crippen molar-refractivity contribution in [3.63, 3.8) is 0 Å². The summed E-state index contributed by atoms with van der Waals surface area (Å²) in [6.07, 6.45) is 1.17. The van der Waals surface area contributed by atoms with E-state index >= 15 is 0 Å². The molecule has 136 valence electrons. The molecule has 0 spiro atoms. The van der Waals surface area contributed by atoms with Crippen LogP contribution in [0.15, 0.2) is 17.5 Å². The second-order valence-electron chi connectivity index (χ2n) is 6.50. The summed E-state index contributed by atoms with van der Waals surface area (Å²) in [6, 6.07) is 3.52. The predicted molar refractivity (Wildman–Crippen MR) is 93.8 cm³/mol. The number of thiophene rings is 1. The number of imide groups is 1. The maximum atomic E-state index is 13.0. The number of hydrogen-bond acceptors (Lipinski definition) is 6. The van der Waals surface area contributed by atoms with Crippen LogP contribution in [0, 0.1) is 11.8 Å². The molecule has 0 aliphatic carbocycles. The van der Waals surface area contributed by atoms with Gasteiger partial charge in [0, 0.05) is 11.4 Å². The Morgan fingerprint density at radius 2 is 2.08 bits per heavy atom.